The van der Waals surface area contributed by atoms with Crippen LogP contribution < -0.4 is 10.2 Å². The second-order valence-electron chi connectivity index (χ2n) is 2.58. The van der Waals surface area contributed by atoms with E-state index in [1.807, 2.05) is 0 Å². The molecule has 0 aromatic carbocycles. The molecule has 0 saturated carbocycles. The molecule has 1 rings (SSSR count). The Kier molecular flexibility index (Phi) is 3.03. The fraction of sp³-hybridized carbons (Fsp3) is 0.250. The van der Waals surface area contributed by atoms with E-state index in [4.69, 9.17) is 5.11 Å². The smallest absolute Gasteiger partial charge is 0.341 e. The van der Waals surface area contributed by atoms with Crippen LogP contribution >= 0.6 is 0 Å². The van der Waals surface area contributed by atoms with Crippen molar-refractivity contribution in [2.24, 2.45) is 0 Å². The maximum absolute atomic E-state index is 12.4. The van der Waals surface area contributed by atoms with Gasteiger partial charge in [0, 0.05) is 6.20 Å². The van der Waals surface area contributed by atoms with Gasteiger partial charge in [0.15, 0.2) is 0 Å². The van der Waals surface area contributed by atoms with Crippen LogP contribution in [0, 0.1) is 0 Å². The number of carboxylic acids is 1. The van der Waals surface area contributed by atoms with Crippen LogP contribution in [-0.4, -0.2) is 23.2 Å². The molecule has 0 atom stereocenters. The molecular weight excluding hydrogens is 212 g/mol. The minimum atomic E-state index is -3.09. The van der Waals surface area contributed by atoms with Crippen molar-refractivity contribution in [3.63, 3.8) is 0 Å². The largest absolute Gasteiger partial charge is 0.482 e. The number of halogens is 2. The number of ether oxygens (including phenoxy) is 1. The van der Waals surface area contributed by atoms with Crippen molar-refractivity contribution in [1.29, 1.82) is 0 Å². The molecule has 7 heteroatoms. The predicted octanol–water partition coefficient (Wildman–Crippen LogP) is 1.02. The van der Waals surface area contributed by atoms with Crippen molar-refractivity contribution in [3.8, 4) is 5.88 Å². The number of aromatic nitrogens is 1. The normalized spacial score (nSPS) is 10.4. The van der Waals surface area contributed by atoms with E-state index in [0.29, 0.717) is 0 Å². The standard InChI is InChI=1S/C8H7F2NO4/c1-15-7-4(6(9)10)5(12)3(2-11-7)8(13)14/h2,6H,1H3,(H,11,12)(H,13,14). The first kappa shape index (κ1) is 11.2. The molecule has 2 N–H and O–H groups in total. The molecule has 0 fully saturated rings. The van der Waals surface area contributed by atoms with Crippen LogP contribution in [0.4, 0.5) is 8.78 Å². The summed E-state index contributed by atoms with van der Waals surface area (Å²) in [7, 11) is 1.09. The van der Waals surface area contributed by atoms with Crippen LogP contribution in [0.1, 0.15) is 22.3 Å². The molecule has 15 heavy (non-hydrogen) atoms. The van der Waals surface area contributed by atoms with Gasteiger partial charge in [-0.3, -0.25) is 4.79 Å². The SMILES string of the molecule is COc1[nH]cc(C(=O)O)c(=O)c1C(F)F. The number of aromatic carboxylic acids is 1. The van der Waals surface area contributed by atoms with Gasteiger partial charge in [-0.1, -0.05) is 0 Å². The second kappa shape index (κ2) is 4.07. The van der Waals surface area contributed by atoms with Crippen LogP contribution in [0.25, 0.3) is 0 Å². The number of H-pyrrole nitrogens is 1. The third kappa shape index (κ3) is 1.95. The summed E-state index contributed by atoms with van der Waals surface area (Å²) in [6.45, 7) is 0. The zero-order chi connectivity index (χ0) is 11.6. The lowest BCUT2D eigenvalue weighted by molar-refractivity contribution is 0.0694. The number of methoxy groups -OCH3 is 1. The third-order valence-corrected chi connectivity index (χ3v) is 1.73. The van der Waals surface area contributed by atoms with Gasteiger partial charge >= 0.3 is 5.97 Å². The number of pyridine rings is 1. The van der Waals surface area contributed by atoms with Crippen LogP contribution in [0.2, 0.25) is 0 Å². The predicted molar refractivity (Wildman–Crippen MR) is 45.5 cm³/mol. The molecule has 0 bridgehead atoms. The molecule has 0 saturated heterocycles. The fourth-order valence-electron chi connectivity index (χ4n) is 1.06. The van der Waals surface area contributed by atoms with E-state index in [9.17, 15) is 18.4 Å². The Balaban J connectivity index is 3.50. The van der Waals surface area contributed by atoms with E-state index in [2.05, 4.69) is 9.72 Å². The average molecular weight is 219 g/mol. The summed E-state index contributed by atoms with van der Waals surface area (Å²) in [5.74, 6) is -2.00. The lowest BCUT2D eigenvalue weighted by Gasteiger charge is -2.06. The molecule has 0 aliphatic rings. The van der Waals surface area contributed by atoms with Crippen LogP contribution in [0.15, 0.2) is 11.0 Å². The topological polar surface area (TPSA) is 79.4 Å². The van der Waals surface area contributed by atoms with Crippen LogP contribution in [-0.2, 0) is 0 Å². The first-order chi connectivity index (χ1) is 6.99. The maximum Gasteiger partial charge on any atom is 0.341 e. The van der Waals surface area contributed by atoms with Crippen LogP contribution in [0.3, 0.4) is 0 Å². The summed E-state index contributed by atoms with van der Waals surface area (Å²) in [4.78, 5) is 23.9. The second-order valence-corrected chi connectivity index (χ2v) is 2.58. The molecule has 1 aromatic heterocycles. The van der Waals surface area contributed by atoms with E-state index in [1.54, 1.807) is 0 Å². The van der Waals surface area contributed by atoms with Crippen molar-refractivity contribution in [1.82, 2.24) is 4.98 Å². The van der Waals surface area contributed by atoms with Gasteiger partial charge in [0.05, 0.1) is 7.11 Å². The molecule has 0 aliphatic heterocycles. The summed E-state index contributed by atoms with van der Waals surface area (Å²) in [6, 6.07) is 0. The van der Waals surface area contributed by atoms with Crippen molar-refractivity contribution in [3.05, 3.63) is 27.5 Å². The number of alkyl halides is 2. The van der Waals surface area contributed by atoms with Gasteiger partial charge in [0.2, 0.25) is 11.3 Å². The summed E-state index contributed by atoms with van der Waals surface area (Å²) in [6.07, 6.45) is -2.28. The molecule has 0 aliphatic carbocycles. The highest BCUT2D eigenvalue weighted by Gasteiger charge is 2.23. The number of aromatic amines is 1. The summed E-state index contributed by atoms with van der Waals surface area (Å²) < 4.78 is 29.3. The third-order valence-electron chi connectivity index (χ3n) is 1.73. The van der Waals surface area contributed by atoms with E-state index in [0.717, 1.165) is 13.3 Å². The number of nitrogens with one attached hydrogen (secondary N) is 1. The fourth-order valence-corrected chi connectivity index (χ4v) is 1.06. The van der Waals surface area contributed by atoms with Crippen LogP contribution in [0.5, 0.6) is 5.88 Å². The van der Waals surface area contributed by atoms with Crippen molar-refractivity contribution < 1.29 is 23.4 Å². The first-order valence-electron chi connectivity index (χ1n) is 3.80. The zero-order valence-corrected chi connectivity index (χ0v) is 7.58. The summed E-state index contributed by atoms with van der Waals surface area (Å²) >= 11 is 0. The highest BCUT2D eigenvalue weighted by Crippen LogP contribution is 2.23. The Bertz CT molecular complexity index is 441. The van der Waals surface area contributed by atoms with Gasteiger partial charge in [-0.05, 0) is 0 Å². The molecule has 0 radical (unpaired) electrons. The molecular formula is C8H7F2NO4. The Labute approximate surface area is 82.3 Å². The molecule has 1 aromatic rings. The minimum Gasteiger partial charge on any atom is -0.482 e. The Hall–Kier alpha value is -1.92. The Morgan fingerprint density at radius 1 is 1.60 bits per heavy atom. The molecule has 0 unspecified atom stereocenters. The zero-order valence-electron chi connectivity index (χ0n) is 7.58. The quantitative estimate of drug-likeness (QED) is 0.795. The molecule has 82 valence electrons. The highest BCUT2D eigenvalue weighted by molar-refractivity contribution is 5.87. The molecule has 0 spiro atoms. The lowest BCUT2D eigenvalue weighted by atomic mass is 10.2. The summed E-state index contributed by atoms with van der Waals surface area (Å²) in [5, 5.41) is 8.53. The first-order valence-corrected chi connectivity index (χ1v) is 3.80. The van der Waals surface area contributed by atoms with Gasteiger partial charge in [-0.25, -0.2) is 13.6 Å². The number of hydrogen-bond donors (Lipinski definition) is 2. The van der Waals surface area contributed by atoms with E-state index in [-0.39, 0.29) is 0 Å². The molecule has 0 amide bonds. The number of rotatable bonds is 3. The van der Waals surface area contributed by atoms with E-state index < -0.39 is 34.8 Å². The number of carboxylic acid groups (broad SMARTS) is 1. The molecule has 1 heterocycles. The maximum atomic E-state index is 12.4. The Morgan fingerprint density at radius 3 is 2.60 bits per heavy atom. The Morgan fingerprint density at radius 2 is 2.20 bits per heavy atom. The molecule has 5 nitrogen and oxygen atoms in total. The monoisotopic (exact) mass is 219 g/mol. The van der Waals surface area contributed by atoms with Gasteiger partial charge < -0.3 is 14.8 Å². The number of hydrogen-bond acceptors (Lipinski definition) is 3. The van der Waals surface area contributed by atoms with Gasteiger partial charge in [0.25, 0.3) is 6.43 Å². The lowest BCUT2D eigenvalue weighted by Crippen LogP contribution is -2.20. The van der Waals surface area contributed by atoms with Crippen molar-refractivity contribution in [2.75, 3.05) is 7.11 Å². The van der Waals surface area contributed by atoms with E-state index >= 15 is 0 Å². The van der Waals surface area contributed by atoms with E-state index in [1.165, 1.54) is 0 Å². The highest BCUT2D eigenvalue weighted by atomic mass is 19.3. The minimum absolute atomic E-state index is 0.431. The average Bonchev–Trinajstić information content (AvgIpc) is 2.15. The van der Waals surface area contributed by atoms with Gasteiger partial charge in [0.1, 0.15) is 11.1 Å². The van der Waals surface area contributed by atoms with Crippen molar-refractivity contribution >= 4 is 5.97 Å². The number of carbonyl (C=O) groups is 1. The van der Waals surface area contributed by atoms with Crippen molar-refractivity contribution in [2.45, 2.75) is 6.43 Å². The van der Waals surface area contributed by atoms with Gasteiger partial charge in [-0.15, -0.1) is 0 Å². The van der Waals surface area contributed by atoms with Gasteiger partial charge in [-0.2, -0.15) is 0 Å². The summed E-state index contributed by atoms with van der Waals surface area (Å²) in [5.41, 5.74) is -2.96.